The van der Waals surface area contributed by atoms with Gasteiger partial charge in [0.2, 0.25) is 5.91 Å². The number of carboxylic acids is 1. The number of hydrogen-bond donors (Lipinski definition) is 3. The maximum Gasteiger partial charge on any atom is 0.320 e. The van der Waals surface area contributed by atoms with Crippen molar-refractivity contribution in [3.8, 4) is 0 Å². The van der Waals surface area contributed by atoms with Crippen LogP contribution in [0.3, 0.4) is 0 Å². The van der Waals surface area contributed by atoms with Crippen LogP contribution in [0.1, 0.15) is 40.5 Å². The average molecular weight is 244 g/mol. The first-order chi connectivity index (χ1) is 7.82. The Balaban J connectivity index is 3.74. The Hall–Kier alpha value is -1.10. The number of carbonyl (C=O) groups excluding carboxylic acids is 1. The number of rotatable bonds is 8. The fourth-order valence-corrected chi connectivity index (χ4v) is 1.31. The van der Waals surface area contributed by atoms with Gasteiger partial charge in [0.1, 0.15) is 6.04 Å². The predicted octanol–water partition coefficient (Wildman–Crippen LogP) is 0.990. The van der Waals surface area contributed by atoms with Crippen LogP contribution in [0, 0.1) is 5.92 Å². The molecule has 0 saturated carbocycles. The number of nitrogens with one attached hydrogen (secondary N) is 2. The van der Waals surface area contributed by atoms with Crippen molar-refractivity contribution in [1.29, 1.82) is 0 Å². The maximum absolute atomic E-state index is 11.5. The summed E-state index contributed by atoms with van der Waals surface area (Å²) in [6.45, 7) is 7.80. The van der Waals surface area contributed by atoms with Gasteiger partial charge in [-0.15, -0.1) is 0 Å². The Morgan fingerprint density at radius 3 is 2.18 bits per heavy atom. The molecule has 0 aliphatic heterocycles. The number of amides is 1. The second-order valence-corrected chi connectivity index (χ2v) is 4.88. The zero-order valence-electron chi connectivity index (χ0n) is 11.1. The molecular formula is C12H24N2O3. The molecule has 1 amide bonds. The van der Waals surface area contributed by atoms with Crippen molar-refractivity contribution in [1.82, 2.24) is 10.6 Å². The smallest absolute Gasteiger partial charge is 0.320 e. The highest BCUT2D eigenvalue weighted by Crippen LogP contribution is 2.05. The molecule has 0 aromatic rings. The summed E-state index contributed by atoms with van der Waals surface area (Å²) >= 11 is 0. The van der Waals surface area contributed by atoms with Crippen molar-refractivity contribution >= 4 is 11.9 Å². The van der Waals surface area contributed by atoms with E-state index in [9.17, 15) is 9.59 Å². The van der Waals surface area contributed by atoms with Crippen LogP contribution in [0.4, 0.5) is 0 Å². The highest BCUT2D eigenvalue weighted by molar-refractivity contribution is 5.79. The molecule has 0 radical (unpaired) electrons. The lowest BCUT2D eigenvalue weighted by molar-refractivity contribution is -0.139. The molecule has 0 spiro atoms. The minimum absolute atomic E-state index is 0.0412. The number of hydrogen-bond acceptors (Lipinski definition) is 3. The van der Waals surface area contributed by atoms with Gasteiger partial charge < -0.3 is 10.4 Å². The van der Waals surface area contributed by atoms with Gasteiger partial charge in [-0.05, 0) is 32.6 Å². The standard InChI is InChI=1S/C12H24N2O3/c1-8(2)5-6-9(3)14-11(15)7-13-10(4)12(16)17/h8-10,13H,5-7H2,1-4H3,(H,14,15)(H,16,17). The summed E-state index contributed by atoms with van der Waals surface area (Å²) in [5.74, 6) is -0.487. The van der Waals surface area contributed by atoms with E-state index in [1.807, 2.05) is 6.92 Å². The quantitative estimate of drug-likeness (QED) is 0.595. The summed E-state index contributed by atoms with van der Waals surface area (Å²) in [5.41, 5.74) is 0. The van der Waals surface area contributed by atoms with Gasteiger partial charge >= 0.3 is 5.97 Å². The molecule has 100 valence electrons. The van der Waals surface area contributed by atoms with Gasteiger partial charge in [-0.1, -0.05) is 13.8 Å². The van der Waals surface area contributed by atoms with E-state index in [-0.39, 0.29) is 18.5 Å². The molecule has 0 heterocycles. The van der Waals surface area contributed by atoms with E-state index in [1.165, 1.54) is 6.92 Å². The first-order valence-corrected chi connectivity index (χ1v) is 6.08. The fourth-order valence-electron chi connectivity index (χ4n) is 1.31. The minimum atomic E-state index is -0.953. The lowest BCUT2D eigenvalue weighted by atomic mass is 10.0. The highest BCUT2D eigenvalue weighted by Gasteiger charge is 2.13. The summed E-state index contributed by atoms with van der Waals surface area (Å²) in [4.78, 5) is 22.0. The number of carbonyl (C=O) groups is 2. The lowest BCUT2D eigenvalue weighted by Gasteiger charge is -2.16. The Bertz CT molecular complexity index is 254. The molecule has 2 atom stereocenters. The van der Waals surface area contributed by atoms with Crippen LogP contribution < -0.4 is 10.6 Å². The first-order valence-electron chi connectivity index (χ1n) is 6.08. The van der Waals surface area contributed by atoms with Crippen LogP contribution in [0.2, 0.25) is 0 Å². The van der Waals surface area contributed by atoms with Gasteiger partial charge in [0.05, 0.1) is 6.54 Å². The van der Waals surface area contributed by atoms with E-state index in [0.717, 1.165) is 12.8 Å². The molecule has 0 rings (SSSR count). The fraction of sp³-hybridized carbons (Fsp3) is 0.833. The van der Waals surface area contributed by atoms with Gasteiger partial charge in [-0.25, -0.2) is 0 Å². The van der Waals surface area contributed by atoms with Gasteiger partial charge in [0.25, 0.3) is 0 Å². The monoisotopic (exact) mass is 244 g/mol. The summed E-state index contributed by atoms with van der Waals surface area (Å²) < 4.78 is 0. The van der Waals surface area contributed by atoms with Gasteiger partial charge in [-0.3, -0.25) is 14.9 Å². The van der Waals surface area contributed by atoms with Crippen LogP contribution in [0.5, 0.6) is 0 Å². The van der Waals surface area contributed by atoms with E-state index in [4.69, 9.17) is 5.11 Å². The molecule has 17 heavy (non-hydrogen) atoms. The maximum atomic E-state index is 11.5. The van der Waals surface area contributed by atoms with Crippen molar-refractivity contribution in [3.63, 3.8) is 0 Å². The molecule has 0 fully saturated rings. The minimum Gasteiger partial charge on any atom is -0.480 e. The molecule has 0 aliphatic rings. The van der Waals surface area contributed by atoms with Crippen molar-refractivity contribution < 1.29 is 14.7 Å². The van der Waals surface area contributed by atoms with Crippen molar-refractivity contribution in [2.24, 2.45) is 5.92 Å². The second-order valence-electron chi connectivity index (χ2n) is 4.88. The summed E-state index contributed by atoms with van der Waals surface area (Å²) in [6.07, 6.45) is 2.01. The normalized spacial score (nSPS) is 14.4. The molecule has 5 nitrogen and oxygen atoms in total. The average Bonchev–Trinajstić information content (AvgIpc) is 2.22. The Labute approximate surface area is 103 Å². The van der Waals surface area contributed by atoms with Crippen molar-refractivity contribution in [2.75, 3.05) is 6.54 Å². The Morgan fingerprint density at radius 2 is 1.71 bits per heavy atom. The van der Waals surface area contributed by atoms with Crippen LogP contribution in [-0.2, 0) is 9.59 Å². The first kappa shape index (κ1) is 15.9. The second kappa shape index (κ2) is 8.06. The molecule has 3 N–H and O–H groups in total. The summed E-state index contributed by atoms with van der Waals surface area (Å²) in [6, 6.07) is -0.571. The molecule has 5 heteroatoms. The highest BCUT2D eigenvalue weighted by atomic mass is 16.4. The third-order valence-electron chi connectivity index (χ3n) is 2.52. The van der Waals surface area contributed by atoms with Crippen LogP contribution >= 0.6 is 0 Å². The van der Waals surface area contributed by atoms with E-state index in [1.54, 1.807) is 0 Å². The van der Waals surface area contributed by atoms with E-state index < -0.39 is 12.0 Å². The van der Waals surface area contributed by atoms with Gasteiger partial charge in [0.15, 0.2) is 0 Å². The molecular weight excluding hydrogens is 220 g/mol. The van der Waals surface area contributed by atoms with Crippen LogP contribution in [-0.4, -0.2) is 35.6 Å². The predicted molar refractivity (Wildman–Crippen MR) is 66.8 cm³/mol. The summed E-state index contributed by atoms with van der Waals surface area (Å²) in [5, 5.41) is 14.1. The van der Waals surface area contributed by atoms with Crippen LogP contribution in [0.25, 0.3) is 0 Å². The molecule has 0 aromatic carbocycles. The topological polar surface area (TPSA) is 78.4 Å². The third-order valence-corrected chi connectivity index (χ3v) is 2.52. The van der Waals surface area contributed by atoms with Gasteiger partial charge in [-0.2, -0.15) is 0 Å². The summed E-state index contributed by atoms with van der Waals surface area (Å²) in [7, 11) is 0. The SMILES string of the molecule is CC(C)CCC(C)NC(=O)CNC(C)C(=O)O. The zero-order valence-corrected chi connectivity index (χ0v) is 11.1. The van der Waals surface area contributed by atoms with E-state index >= 15 is 0 Å². The molecule has 0 aliphatic carbocycles. The molecule has 0 saturated heterocycles. The van der Waals surface area contributed by atoms with E-state index in [0.29, 0.717) is 5.92 Å². The molecule has 0 aromatic heterocycles. The third kappa shape index (κ3) is 8.68. The largest absolute Gasteiger partial charge is 0.480 e. The Morgan fingerprint density at radius 1 is 1.12 bits per heavy atom. The van der Waals surface area contributed by atoms with E-state index in [2.05, 4.69) is 24.5 Å². The van der Waals surface area contributed by atoms with Crippen molar-refractivity contribution in [2.45, 2.75) is 52.6 Å². The van der Waals surface area contributed by atoms with Crippen LogP contribution in [0.15, 0.2) is 0 Å². The molecule has 2 unspecified atom stereocenters. The number of aliphatic carboxylic acids is 1. The Kier molecular flexibility index (Phi) is 7.54. The van der Waals surface area contributed by atoms with Gasteiger partial charge in [0, 0.05) is 6.04 Å². The molecule has 0 bridgehead atoms. The zero-order chi connectivity index (χ0) is 13.4. The lowest BCUT2D eigenvalue weighted by Crippen LogP contribution is -2.43. The number of carboxylic acid groups (broad SMARTS) is 1. The van der Waals surface area contributed by atoms with Crippen molar-refractivity contribution in [3.05, 3.63) is 0 Å².